The van der Waals surface area contributed by atoms with E-state index in [0.717, 1.165) is 3.97 Å². The largest absolute Gasteiger partial charge is 0.378 e. The summed E-state index contributed by atoms with van der Waals surface area (Å²) in [5.74, 6) is 0.0290. The number of anilines is 2. The molecule has 34 heavy (non-hydrogen) atoms. The predicted molar refractivity (Wildman–Crippen MR) is 127 cm³/mol. The second-order valence-electron chi connectivity index (χ2n) is 7.32. The molecule has 0 fully saturated rings. The van der Waals surface area contributed by atoms with Gasteiger partial charge in [0.15, 0.2) is 0 Å². The van der Waals surface area contributed by atoms with Gasteiger partial charge in [0.2, 0.25) is 0 Å². The Bertz CT molecular complexity index is 1460. The van der Waals surface area contributed by atoms with Crippen LogP contribution in [0, 0.1) is 17.1 Å². The van der Waals surface area contributed by atoms with Crippen LogP contribution in [-0.4, -0.2) is 28.9 Å². The van der Waals surface area contributed by atoms with E-state index >= 15 is 0 Å². The Hall–Kier alpha value is -4.23. The van der Waals surface area contributed by atoms with Crippen LogP contribution in [0.2, 0.25) is 0 Å². The molecule has 4 rings (SSSR count). The van der Waals surface area contributed by atoms with Gasteiger partial charge in [-0.15, -0.1) is 0 Å². The molecule has 172 valence electrons. The molecular weight excluding hydrogens is 455 g/mol. The molecule has 4 aromatic rings. The summed E-state index contributed by atoms with van der Waals surface area (Å²) >= 11 is 0. The quantitative estimate of drug-likeness (QED) is 0.391. The van der Waals surface area contributed by atoms with Crippen molar-refractivity contribution in [1.29, 1.82) is 5.26 Å². The van der Waals surface area contributed by atoms with E-state index in [1.807, 2.05) is 6.92 Å². The number of pyridine rings is 2. The van der Waals surface area contributed by atoms with Gasteiger partial charge < -0.3 is 10.6 Å². The van der Waals surface area contributed by atoms with E-state index < -0.39 is 15.8 Å². The van der Waals surface area contributed by atoms with Crippen LogP contribution in [0.15, 0.2) is 78.2 Å². The molecule has 0 aliphatic carbocycles. The number of halogens is 1. The molecule has 0 unspecified atom stereocenters. The van der Waals surface area contributed by atoms with Gasteiger partial charge in [-0.3, -0.25) is 4.98 Å². The van der Waals surface area contributed by atoms with Crippen LogP contribution in [0.5, 0.6) is 0 Å². The lowest BCUT2D eigenvalue weighted by atomic mass is 10.1. The van der Waals surface area contributed by atoms with Crippen molar-refractivity contribution in [3.63, 3.8) is 0 Å². The van der Waals surface area contributed by atoms with Crippen molar-refractivity contribution in [2.45, 2.75) is 18.4 Å². The first-order valence-electron chi connectivity index (χ1n) is 10.4. The van der Waals surface area contributed by atoms with E-state index in [2.05, 4.69) is 26.7 Å². The van der Waals surface area contributed by atoms with Crippen molar-refractivity contribution < 1.29 is 12.8 Å². The average Bonchev–Trinajstić information content (AvgIpc) is 3.29. The fourth-order valence-corrected chi connectivity index (χ4v) is 4.79. The molecule has 0 amide bonds. The number of rotatable bonds is 8. The van der Waals surface area contributed by atoms with Crippen LogP contribution in [0.4, 0.5) is 15.9 Å². The molecule has 0 bridgehead atoms. The lowest BCUT2D eigenvalue weighted by molar-refractivity contribution is 0.587. The summed E-state index contributed by atoms with van der Waals surface area (Å²) in [7, 11) is -4.03. The second kappa shape index (κ2) is 9.72. The highest BCUT2D eigenvalue weighted by Crippen LogP contribution is 2.30. The molecule has 10 heteroatoms. The number of benzene rings is 1. The topological polar surface area (TPSA) is 113 Å². The number of aromatic nitrogens is 3. The van der Waals surface area contributed by atoms with Crippen molar-refractivity contribution >= 4 is 21.5 Å². The summed E-state index contributed by atoms with van der Waals surface area (Å²) in [5.41, 5.74) is 1.91. The van der Waals surface area contributed by atoms with Crippen LogP contribution in [0.1, 0.15) is 18.1 Å². The molecule has 0 spiro atoms. The lowest BCUT2D eigenvalue weighted by Crippen LogP contribution is -2.14. The summed E-state index contributed by atoms with van der Waals surface area (Å²) in [4.78, 5) is 8.15. The van der Waals surface area contributed by atoms with Gasteiger partial charge in [0, 0.05) is 43.4 Å². The lowest BCUT2D eigenvalue weighted by Gasteiger charge is -2.12. The van der Waals surface area contributed by atoms with Crippen molar-refractivity contribution in [3.8, 4) is 17.3 Å². The Morgan fingerprint density at radius 2 is 1.94 bits per heavy atom. The Kier molecular flexibility index (Phi) is 6.56. The minimum absolute atomic E-state index is 0.0111. The summed E-state index contributed by atoms with van der Waals surface area (Å²) in [5, 5.41) is 15.5. The molecule has 0 aliphatic rings. The molecule has 3 aromatic heterocycles. The second-order valence-corrected chi connectivity index (χ2v) is 9.13. The number of nitrogens with zero attached hydrogens (tertiary/aromatic N) is 4. The molecule has 0 saturated carbocycles. The first-order valence-corrected chi connectivity index (χ1v) is 11.9. The smallest absolute Gasteiger partial charge is 0.269 e. The van der Waals surface area contributed by atoms with E-state index in [1.54, 1.807) is 24.3 Å². The van der Waals surface area contributed by atoms with Gasteiger partial charge in [-0.25, -0.2) is 21.8 Å². The number of nitrogens with one attached hydrogen (secondary N) is 2. The monoisotopic (exact) mass is 476 g/mol. The third kappa shape index (κ3) is 4.60. The highest BCUT2D eigenvalue weighted by molar-refractivity contribution is 7.90. The standard InChI is InChI=1S/C24H21FN6O2S/c1-2-28-24-22(10-17(12-26)13-30-24)29-14-18-11-23(20-7-3-4-8-21(20)25)31(16-18)34(32,33)19-6-5-9-27-15-19/h3-11,13,15-16,29H,2,14H2,1H3,(H,28,30). The van der Waals surface area contributed by atoms with E-state index in [9.17, 15) is 18.1 Å². The fraction of sp³-hybridized carbons (Fsp3) is 0.125. The maximum absolute atomic E-state index is 14.6. The SMILES string of the molecule is CCNc1ncc(C#N)cc1NCc1cc(-c2ccccc2F)n(S(=O)(=O)c2cccnc2)c1. The molecule has 1 aromatic carbocycles. The van der Waals surface area contributed by atoms with E-state index in [4.69, 9.17) is 0 Å². The number of hydrogen-bond acceptors (Lipinski definition) is 7. The van der Waals surface area contributed by atoms with Gasteiger partial charge in [0.25, 0.3) is 10.0 Å². The van der Waals surface area contributed by atoms with Crippen molar-refractivity contribution in [2.24, 2.45) is 0 Å². The normalized spacial score (nSPS) is 11.1. The fourth-order valence-electron chi connectivity index (χ4n) is 3.44. The molecule has 8 nitrogen and oxygen atoms in total. The average molecular weight is 477 g/mol. The highest BCUT2D eigenvalue weighted by Gasteiger charge is 2.23. The van der Waals surface area contributed by atoms with E-state index in [0.29, 0.717) is 29.2 Å². The molecule has 0 atom stereocenters. The number of hydrogen-bond donors (Lipinski definition) is 2. The van der Waals surface area contributed by atoms with Crippen LogP contribution in [0.25, 0.3) is 11.3 Å². The van der Waals surface area contributed by atoms with Gasteiger partial charge in [-0.05, 0) is 48.9 Å². The zero-order valence-corrected chi connectivity index (χ0v) is 19.1. The summed E-state index contributed by atoms with van der Waals surface area (Å²) in [6, 6.07) is 14.3. The molecule has 0 saturated heterocycles. The van der Waals surface area contributed by atoms with Crippen LogP contribution in [-0.2, 0) is 16.6 Å². The van der Waals surface area contributed by atoms with Gasteiger partial charge in [0.05, 0.1) is 16.9 Å². The predicted octanol–water partition coefficient (Wildman–Crippen LogP) is 4.24. The highest BCUT2D eigenvalue weighted by atomic mass is 32.2. The van der Waals surface area contributed by atoms with Crippen LogP contribution < -0.4 is 10.6 Å². The van der Waals surface area contributed by atoms with Crippen molar-refractivity contribution in [1.82, 2.24) is 13.9 Å². The first-order chi connectivity index (χ1) is 16.4. The zero-order valence-electron chi connectivity index (χ0n) is 18.2. The minimum Gasteiger partial charge on any atom is -0.378 e. The van der Waals surface area contributed by atoms with Crippen molar-refractivity contribution in [3.05, 3.63) is 90.3 Å². The number of nitriles is 1. The Labute approximate surface area is 196 Å². The molecule has 2 N–H and O–H groups in total. The van der Waals surface area contributed by atoms with E-state index in [-0.39, 0.29) is 22.7 Å². The third-order valence-electron chi connectivity index (χ3n) is 5.03. The maximum Gasteiger partial charge on any atom is 0.269 e. The summed E-state index contributed by atoms with van der Waals surface area (Å²) < 4.78 is 42.5. The third-order valence-corrected chi connectivity index (χ3v) is 6.68. The summed E-state index contributed by atoms with van der Waals surface area (Å²) in [6.07, 6.45) is 5.65. The minimum atomic E-state index is -4.03. The maximum atomic E-state index is 14.6. The van der Waals surface area contributed by atoms with Crippen molar-refractivity contribution in [2.75, 3.05) is 17.2 Å². The molecule has 0 aliphatic heterocycles. The van der Waals surface area contributed by atoms with Gasteiger partial charge in [-0.2, -0.15) is 5.26 Å². The van der Waals surface area contributed by atoms with Gasteiger partial charge in [-0.1, -0.05) is 12.1 Å². The zero-order chi connectivity index (χ0) is 24.1. The Morgan fingerprint density at radius 3 is 2.65 bits per heavy atom. The van der Waals surface area contributed by atoms with E-state index in [1.165, 1.54) is 49.1 Å². The summed E-state index contributed by atoms with van der Waals surface area (Å²) in [6.45, 7) is 2.77. The first kappa shape index (κ1) is 22.9. The molecule has 0 radical (unpaired) electrons. The molecule has 3 heterocycles. The van der Waals surface area contributed by atoms with Crippen LogP contribution in [0.3, 0.4) is 0 Å². The Balaban J connectivity index is 1.76. The van der Waals surface area contributed by atoms with Gasteiger partial charge >= 0.3 is 0 Å². The molecular formula is C24H21FN6O2S. The van der Waals surface area contributed by atoms with Crippen LogP contribution >= 0.6 is 0 Å². The Morgan fingerprint density at radius 1 is 1.12 bits per heavy atom. The van der Waals surface area contributed by atoms with Gasteiger partial charge in [0.1, 0.15) is 22.6 Å².